The van der Waals surface area contributed by atoms with Crippen LogP contribution in [0.1, 0.15) is 30.9 Å². The van der Waals surface area contributed by atoms with Gasteiger partial charge in [0.1, 0.15) is 5.75 Å². The first-order valence-corrected chi connectivity index (χ1v) is 5.64. The maximum Gasteiger partial charge on any atom is 0.122 e. The molecule has 16 heavy (non-hydrogen) atoms. The van der Waals surface area contributed by atoms with Gasteiger partial charge in [-0.3, -0.25) is 4.90 Å². The molecule has 0 bridgehead atoms. The SMILES string of the molecule is COc1ccc(CN(C)CN)cc1C(C)C. The second kappa shape index (κ2) is 5.87. The van der Waals surface area contributed by atoms with Gasteiger partial charge < -0.3 is 10.5 Å². The van der Waals surface area contributed by atoms with Gasteiger partial charge in [-0.1, -0.05) is 26.0 Å². The summed E-state index contributed by atoms with van der Waals surface area (Å²) >= 11 is 0. The van der Waals surface area contributed by atoms with Crippen LogP contribution in [0, 0.1) is 0 Å². The Kier molecular flexibility index (Phi) is 4.77. The van der Waals surface area contributed by atoms with Crippen molar-refractivity contribution in [3.05, 3.63) is 29.3 Å². The molecular formula is C13H22N2O. The van der Waals surface area contributed by atoms with Crippen LogP contribution in [0.3, 0.4) is 0 Å². The molecule has 0 fully saturated rings. The summed E-state index contributed by atoms with van der Waals surface area (Å²) < 4.78 is 5.35. The summed E-state index contributed by atoms with van der Waals surface area (Å²) in [6, 6.07) is 6.33. The average molecular weight is 222 g/mol. The number of ether oxygens (including phenoxy) is 1. The third-order valence-corrected chi connectivity index (χ3v) is 2.68. The highest BCUT2D eigenvalue weighted by molar-refractivity contribution is 5.39. The fourth-order valence-corrected chi connectivity index (χ4v) is 1.71. The minimum Gasteiger partial charge on any atom is -0.496 e. The second-order valence-corrected chi connectivity index (χ2v) is 4.43. The molecule has 0 unspecified atom stereocenters. The number of rotatable bonds is 5. The van der Waals surface area contributed by atoms with Crippen LogP contribution in [-0.2, 0) is 6.54 Å². The molecule has 1 aromatic rings. The number of nitrogens with two attached hydrogens (primary N) is 1. The van der Waals surface area contributed by atoms with E-state index >= 15 is 0 Å². The van der Waals surface area contributed by atoms with Crippen molar-refractivity contribution < 1.29 is 4.74 Å². The Balaban J connectivity index is 2.93. The van der Waals surface area contributed by atoms with Gasteiger partial charge in [-0.2, -0.15) is 0 Å². The standard InChI is InChI=1S/C13H22N2O/c1-10(2)12-7-11(8-15(3)9-14)5-6-13(12)16-4/h5-7,10H,8-9,14H2,1-4H3. The van der Waals surface area contributed by atoms with Crippen LogP contribution < -0.4 is 10.5 Å². The topological polar surface area (TPSA) is 38.5 Å². The molecule has 0 radical (unpaired) electrons. The summed E-state index contributed by atoms with van der Waals surface area (Å²) in [5, 5.41) is 0. The molecule has 3 nitrogen and oxygen atoms in total. The third-order valence-electron chi connectivity index (χ3n) is 2.68. The van der Waals surface area contributed by atoms with E-state index in [9.17, 15) is 0 Å². The van der Waals surface area contributed by atoms with Crippen molar-refractivity contribution in [1.29, 1.82) is 0 Å². The molecule has 0 heterocycles. The highest BCUT2D eigenvalue weighted by Gasteiger charge is 2.08. The van der Waals surface area contributed by atoms with Crippen LogP contribution in [0.4, 0.5) is 0 Å². The van der Waals surface area contributed by atoms with Gasteiger partial charge >= 0.3 is 0 Å². The average Bonchev–Trinajstić information content (AvgIpc) is 2.28. The number of hydrogen-bond donors (Lipinski definition) is 1. The maximum absolute atomic E-state index is 5.58. The minimum atomic E-state index is 0.470. The summed E-state index contributed by atoms with van der Waals surface area (Å²) in [6.07, 6.45) is 0. The summed E-state index contributed by atoms with van der Waals surface area (Å²) in [5.74, 6) is 1.44. The zero-order valence-electron chi connectivity index (χ0n) is 10.7. The molecule has 0 aliphatic carbocycles. The number of methoxy groups -OCH3 is 1. The second-order valence-electron chi connectivity index (χ2n) is 4.43. The monoisotopic (exact) mass is 222 g/mol. The Hall–Kier alpha value is -1.06. The number of hydrogen-bond acceptors (Lipinski definition) is 3. The third kappa shape index (κ3) is 3.22. The smallest absolute Gasteiger partial charge is 0.122 e. The largest absolute Gasteiger partial charge is 0.496 e. The zero-order chi connectivity index (χ0) is 12.1. The fourth-order valence-electron chi connectivity index (χ4n) is 1.71. The minimum absolute atomic E-state index is 0.470. The lowest BCUT2D eigenvalue weighted by molar-refractivity contribution is 0.336. The summed E-state index contributed by atoms with van der Waals surface area (Å²) in [7, 11) is 3.73. The lowest BCUT2D eigenvalue weighted by Gasteiger charge is -2.17. The van der Waals surface area contributed by atoms with Crippen molar-refractivity contribution in [2.75, 3.05) is 20.8 Å². The molecule has 1 aromatic carbocycles. The lowest BCUT2D eigenvalue weighted by atomic mass is 9.99. The molecule has 0 amide bonds. The van der Waals surface area contributed by atoms with Crippen molar-refractivity contribution in [2.24, 2.45) is 5.73 Å². The van der Waals surface area contributed by atoms with E-state index in [0.29, 0.717) is 12.6 Å². The Morgan fingerprint density at radius 2 is 2.06 bits per heavy atom. The van der Waals surface area contributed by atoms with Gasteiger partial charge in [0.25, 0.3) is 0 Å². The van der Waals surface area contributed by atoms with E-state index < -0.39 is 0 Å². The van der Waals surface area contributed by atoms with Gasteiger partial charge in [0.15, 0.2) is 0 Å². The molecule has 0 saturated heterocycles. The van der Waals surface area contributed by atoms with Crippen LogP contribution in [0.5, 0.6) is 5.75 Å². The molecule has 90 valence electrons. The molecule has 0 saturated carbocycles. The Bertz CT molecular complexity index is 337. The van der Waals surface area contributed by atoms with Gasteiger partial charge in [0.2, 0.25) is 0 Å². The van der Waals surface area contributed by atoms with Crippen molar-refractivity contribution in [1.82, 2.24) is 4.90 Å². The van der Waals surface area contributed by atoms with Crippen molar-refractivity contribution in [2.45, 2.75) is 26.3 Å². The Labute approximate surface area is 98.2 Å². The zero-order valence-corrected chi connectivity index (χ0v) is 10.7. The normalized spacial score (nSPS) is 11.2. The summed E-state index contributed by atoms with van der Waals surface area (Å²) in [5.41, 5.74) is 8.11. The predicted molar refractivity (Wildman–Crippen MR) is 67.6 cm³/mol. The van der Waals surface area contributed by atoms with Gasteiger partial charge in [-0.25, -0.2) is 0 Å². The van der Waals surface area contributed by atoms with Gasteiger partial charge in [-0.15, -0.1) is 0 Å². The predicted octanol–water partition coefficient (Wildman–Crippen LogP) is 2.17. The van der Waals surface area contributed by atoms with E-state index in [2.05, 4.69) is 30.9 Å². The number of nitrogens with zero attached hydrogens (tertiary/aromatic N) is 1. The maximum atomic E-state index is 5.58. The van der Waals surface area contributed by atoms with Crippen molar-refractivity contribution in [3.8, 4) is 5.75 Å². The molecule has 0 aliphatic heterocycles. The molecule has 3 heteroatoms. The van der Waals surface area contributed by atoms with Gasteiger partial charge in [0.05, 0.1) is 7.11 Å². The quantitative estimate of drug-likeness (QED) is 0.776. The van der Waals surface area contributed by atoms with E-state index in [1.54, 1.807) is 7.11 Å². The van der Waals surface area contributed by atoms with Crippen molar-refractivity contribution >= 4 is 0 Å². The fraction of sp³-hybridized carbons (Fsp3) is 0.538. The molecule has 0 aliphatic rings. The van der Waals surface area contributed by atoms with E-state index in [4.69, 9.17) is 10.5 Å². The molecule has 1 rings (SSSR count). The van der Waals surface area contributed by atoms with Crippen molar-refractivity contribution in [3.63, 3.8) is 0 Å². The first-order chi connectivity index (χ1) is 7.58. The molecule has 0 aromatic heterocycles. The summed E-state index contributed by atoms with van der Waals surface area (Å²) in [6.45, 7) is 5.80. The van der Waals surface area contributed by atoms with Crippen LogP contribution in [0.15, 0.2) is 18.2 Å². The van der Waals surface area contributed by atoms with Gasteiger partial charge in [0, 0.05) is 13.2 Å². The summed E-state index contributed by atoms with van der Waals surface area (Å²) in [4.78, 5) is 2.08. The van der Waals surface area contributed by atoms with E-state index in [0.717, 1.165) is 12.3 Å². The highest BCUT2D eigenvalue weighted by Crippen LogP contribution is 2.27. The lowest BCUT2D eigenvalue weighted by Crippen LogP contribution is -2.25. The van der Waals surface area contributed by atoms with E-state index in [1.807, 2.05) is 13.1 Å². The van der Waals surface area contributed by atoms with Crippen LogP contribution in [0.25, 0.3) is 0 Å². The molecule has 2 N–H and O–H groups in total. The first kappa shape index (κ1) is 13.0. The van der Waals surface area contributed by atoms with Gasteiger partial charge in [-0.05, 0) is 30.2 Å². The Morgan fingerprint density at radius 3 is 2.56 bits per heavy atom. The van der Waals surface area contributed by atoms with E-state index in [-0.39, 0.29) is 0 Å². The molecule has 0 atom stereocenters. The van der Waals surface area contributed by atoms with Crippen LogP contribution in [-0.4, -0.2) is 25.7 Å². The van der Waals surface area contributed by atoms with Crippen LogP contribution >= 0.6 is 0 Å². The van der Waals surface area contributed by atoms with Crippen LogP contribution in [0.2, 0.25) is 0 Å². The van der Waals surface area contributed by atoms with E-state index in [1.165, 1.54) is 11.1 Å². The molecule has 0 spiro atoms. The first-order valence-electron chi connectivity index (χ1n) is 5.64. The number of benzene rings is 1. The molecular weight excluding hydrogens is 200 g/mol. The highest BCUT2D eigenvalue weighted by atomic mass is 16.5. The Morgan fingerprint density at radius 1 is 1.38 bits per heavy atom.